The molecule has 0 bridgehead atoms. The predicted octanol–water partition coefficient (Wildman–Crippen LogP) is 1.72. The molecule has 0 aliphatic carbocycles. The molecule has 1 amide bonds. The van der Waals surface area contributed by atoms with Gasteiger partial charge in [0.2, 0.25) is 5.88 Å². The van der Waals surface area contributed by atoms with E-state index in [-0.39, 0.29) is 10.8 Å². The second-order valence-corrected chi connectivity index (χ2v) is 6.55. The van der Waals surface area contributed by atoms with Crippen LogP contribution in [0.15, 0.2) is 41.4 Å². The number of hydrogen-bond acceptors (Lipinski definition) is 5. The summed E-state index contributed by atoms with van der Waals surface area (Å²) in [7, 11) is -3.98. The maximum Gasteiger partial charge on any atom is 0.271 e. The van der Waals surface area contributed by atoms with Gasteiger partial charge in [-0.1, -0.05) is 17.7 Å². The highest BCUT2D eigenvalue weighted by molar-refractivity contribution is 7.90. The summed E-state index contributed by atoms with van der Waals surface area (Å²) < 4.78 is 44.0. The van der Waals surface area contributed by atoms with Crippen LogP contribution < -0.4 is 9.46 Å². The molecule has 0 unspecified atom stereocenters. The Morgan fingerprint density at radius 1 is 1.26 bits per heavy atom. The van der Waals surface area contributed by atoms with Gasteiger partial charge in [-0.25, -0.2) is 22.5 Å². The Labute approximate surface area is 133 Å². The number of hydrogen-bond donors (Lipinski definition) is 1. The summed E-state index contributed by atoms with van der Waals surface area (Å²) in [6.45, 7) is 2.93. The van der Waals surface area contributed by atoms with E-state index in [0.29, 0.717) is 5.56 Å². The van der Waals surface area contributed by atoms with Gasteiger partial charge in [-0.15, -0.1) is 0 Å². The van der Waals surface area contributed by atoms with Crippen LogP contribution in [0.5, 0.6) is 5.88 Å². The molecule has 2 aromatic rings. The molecule has 0 aliphatic rings. The topological polar surface area (TPSA) is 85.4 Å². The molecule has 0 radical (unpaired) electrons. The van der Waals surface area contributed by atoms with Crippen molar-refractivity contribution < 1.29 is 22.3 Å². The number of amides is 1. The van der Waals surface area contributed by atoms with E-state index in [0.717, 1.165) is 17.8 Å². The minimum absolute atomic E-state index is 0.0189. The van der Waals surface area contributed by atoms with Crippen LogP contribution in [-0.2, 0) is 14.8 Å². The van der Waals surface area contributed by atoms with E-state index in [9.17, 15) is 17.6 Å². The third-order valence-electron chi connectivity index (χ3n) is 2.92. The van der Waals surface area contributed by atoms with Gasteiger partial charge in [0.1, 0.15) is 5.82 Å². The number of nitrogens with zero attached hydrogens (tertiary/aromatic N) is 1. The van der Waals surface area contributed by atoms with E-state index in [1.54, 1.807) is 19.1 Å². The largest absolute Gasteiger partial charge is 0.468 e. The summed E-state index contributed by atoms with van der Waals surface area (Å²) >= 11 is 0. The Morgan fingerprint density at radius 2 is 2.00 bits per heavy atom. The van der Waals surface area contributed by atoms with Crippen molar-refractivity contribution in [3.8, 4) is 5.88 Å². The number of carbonyl (C=O) groups is 1. The highest BCUT2D eigenvalue weighted by atomic mass is 32.2. The van der Waals surface area contributed by atoms with Crippen molar-refractivity contribution in [1.29, 1.82) is 0 Å². The van der Waals surface area contributed by atoms with Crippen LogP contribution in [0, 0.1) is 19.7 Å². The van der Waals surface area contributed by atoms with Crippen LogP contribution in [0.3, 0.4) is 0 Å². The minimum Gasteiger partial charge on any atom is -0.468 e. The van der Waals surface area contributed by atoms with E-state index in [2.05, 4.69) is 4.98 Å². The van der Waals surface area contributed by atoms with Gasteiger partial charge in [0, 0.05) is 6.07 Å². The van der Waals surface area contributed by atoms with Gasteiger partial charge >= 0.3 is 0 Å². The lowest BCUT2D eigenvalue weighted by Crippen LogP contribution is -2.34. The molecule has 1 N–H and O–H groups in total. The fourth-order valence-corrected chi connectivity index (χ4v) is 3.12. The fraction of sp³-hybridized carbons (Fsp3) is 0.200. The molecular formula is C15H15FN2O4S. The van der Waals surface area contributed by atoms with Crippen LogP contribution in [0.4, 0.5) is 4.39 Å². The zero-order valence-corrected chi connectivity index (χ0v) is 13.4. The number of ether oxygens (including phenoxy) is 1. The molecular weight excluding hydrogens is 323 g/mol. The van der Waals surface area contributed by atoms with Crippen molar-refractivity contribution in [2.24, 2.45) is 0 Å². The molecule has 0 atom stereocenters. The van der Waals surface area contributed by atoms with Crippen molar-refractivity contribution in [1.82, 2.24) is 9.71 Å². The number of rotatable bonds is 5. The van der Waals surface area contributed by atoms with Crippen molar-refractivity contribution in [2.45, 2.75) is 18.7 Å². The number of pyridine rings is 1. The van der Waals surface area contributed by atoms with Gasteiger partial charge in [-0.05, 0) is 31.5 Å². The van der Waals surface area contributed by atoms with E-state index < -0.39 is 28.4 Å². The average molecular weight is 338 g/mol. The normalized spacial score (nSPS) is 11.1. The molecule has 0 fully saturated rings. The second kappa shape index (κ2) is 6.74. The number of aryl methyl sites for hydroxylation is 2. The summed E-state index contributed by atoms with van der Waals surface area (Å²) in [5, 5.41) is 0. The molecule has 1 aromatic heterocycles. The Hall–Kier alpha value is -2.48. The first-order valence-corrected chi connectivity index (χ1v) is 8.13. The Kier molecular flexibility index (Phi) is 4.95. The Bertz CT molecular complexity index is 820. The number of benzene rings is 1. The van der Waals surface area contributed by atoms with Crippen LogP contribution in [0.25, 0.3) is 0 Å². The summed E-state index contributed by atoms with van der Waals surface area (Å²) in [6, 6.07) is 7.14. The Balaban J connectivity index is 2.02. The molecule has 0 saturated heterocycles. The van der Waals surface area contributed by atoms with Crippen LogP contribution in [-0.4, -0.2) is 25.9 Å². The average Bonchev–Trinajstić information content (AvgIpc) is 2.45. The number of sulfonamides is 1. The first kappa shape index (κ1) is 16.9. The van der Waals surface area contributed by atoms with Crippen LogP contribution in [0.2, 0.25) is 0 Å². The highest BCUT2D eigenvalue weighted by Gasteiger charge is 2.20. The van der Waals surface area contributed by atoms with Crippen LogP contribution in [0.1, 0.15) is 11.1 Å². The first-order valence-electron chi connectivity index (χ1n) is 6.65. The van der Waals surface area contributed by atoms with E-state index in [4.69, 9.17) is 4.74 Å². The summed E-state index contributed by atoms with van der Waals surface area (Å²) in [5.74, 6) is -1.37. The minimum atomic E-state index is -3.98. The van der Waals surface area contributed by atoms with Crippen molar-refractivity contribution >= 4 is 15.9 Å². The molecule has 122 valence electrons. The molecule has 8 heteroatoms. The van der Waals surface area contributed by atoms with Crippen molar-refractivity contribution in [3.05, 3.63) is 53.5 Å². The summed E-state index contributed by atoms with van der Waals surface area (Å²) in [4.78, 5) is 15.4. The number of carbonyl (C=O) groups excluding carboxylic acids is 1. The van der Waals surface area contributed by atoms with Gasteiger partial charge in [-0.2, -0.15) is 0 Å². The molecule has 23 heavy (non-hydrogen) atoms. The van der Waals surface area contributed by atoms with E-state index >= 15 is 0 Å². The third kappa shape index (κ3) is 4.49. The number of aromatic nitrogens is 1. The monoisotopic (exact) mass is 338 g/mol. The molecule has 0 aliphatic heterocycles. The lowest BCUT2D eigenvalue weighted by molar-refractivity contribution is -0.121. The summed E-state index contributed by atoms with van der Waals surface area (Å²) in [6.07, 6.45) is 0.930. The zero-order valence-electron chi connectivity index (χ0n) is 12.5. The van der Waals surface area contributed by atoms with Crippen molar-refractivity contribution in [2.75, 3.05) is 6.61 Å². The predicted molar refractivity (Wildman–Crippen MR) is 80.9 cm³/mol. The van der Waals surface area contributed by atoms with Gasteiger partial charge in [0.25, 0.3) is 15.9 Å². The maximum absolute atomic E-state index is 12.7. The second-order valence-electron chi connectivity index (χ2n) is 4.90. The van der Waals surface area contributed by atoms with E-state index in [1.165, 1.54) is 12.1 Å². The third-order valence-corrected chi connectivity index (χ3v) is 4.45. The zero-order chi connectivity index (χ0) is 17.0. The maximum atomic E-state index is 12.7. The van der Waals surface area contributed by atoms with Gasteiger partial charge in [-0.3, -0.25) is 4.79 Å². The highest BCUT2D eigenvalue weighted by Crippen LogP contribution is 2.16. The molecule has 0 saturated carbocycles. The summed E-state index contributed by atoms with van der Waals surface area (Å²) in [5.41, 5.74) is 1.45. The van der Waals surface area contributed by atoms with E-state index in [1.807, 2.05) is 11.6 Å². The quantitative estimate of drug-likeness (QED) is 0.897. The first-order chi connectivity index (χ1) is 10.8. The van der Waals surface area contributed by atoms with Gasteiger partial charge < -0.3 is 4.74 Å². The molecule has 1 aromatic carbocycles. The molecule has 2 rings (SSSR count). The lowest BCUT2D eigenvalue weighted by Gasteiger charge is -2.10. The SMILES string of the molecule is Cc1ccc(S(=O)(=O)NC(=O)COc2ccc(F)cn2)c(C)c1. The molecule has 1 heterocycles. The molecule has 0 spiro atoms. The molecule has 6 nitrogen and oxygen atoms in total. The number of halogens is 1. The van der Waals surface area contributed by atoms with Crippen LogP contribution >= 0.6 is 0 Å². The Morgan fingerprint density at radius 3 is 2.61 bits per heavy atom. The fourth-order valence-electron chi connectivity index (χ4n) is 1.92. The lowest BCUT2D eigenvalue weighted by atomic mass is 10.2. The van der Waals surface area contributed by atoms with Gasteiger partial charge in [0.15, 0.2) is 6.61 Å². The standard InChI is InChI=1S/C15H15FN2O4S/c1-10-3-5-13(11(2)7-10)23(20,21)18-14(19)9-22-15-6-4-12(16)8-17-15/h3-8H,9H2,1-2H3,(H,18,19). The number of nitrogens with one attached hydrogen (secondary N) is 1. The van der Waals surface area contributed by atoms with Crippen molar-refractivity contribution in [3.63, 3.8) is 0 Å². The smallest absolute Gasteiger partial charge is 0.271 e. The van der Waals surface area contributed by atoms with Gasteiger partial charge in [0.05, 0.1) is 11.1 Å².